The Morgan fingerprint density at radius 2 is 1.45 bits per heavy atom. The molecule has 3 aromatic carbocycles. The number of amides is 1. The Morgan fingerprint density at radius 3 is 2.16 bits per heavy atom. The highest BCUT2D eigenvalue weighted by atomic mass is 16.5. The summed E-state index contributed by atoms with van der Waals surface area (Å²) in [6, 6.07) is 24.7. The van der Waals surface area contributed by atoms with E-state index in [9.17, 15) is 14.4 Å². The summed E-state index contributed by atoms with van der Waals surface area (Å²) in [5, 5.41) is 3.40. The number of carbonyl (C=O) groups excluding carboxylic acids is 2. The Hall–Kier alpha value is -5.04. The standard InChI is InChI=1S/C31H24N2O5/c1-18-27(30(35)33-22-9-5-4-6-10-22)29(28(19(2)32-18)31(36)37-3)21-15-13-20(14-16-21)26-17-24(34)23-11-7-8-12-25(23)38-26/h4-17H,1-3H3,(H,33,35). The molecule has 1 amide bonds. The van der Waals surface area contributed by atoms with Gasteiger partial charge in [0.15, 0.2) is 5.43 Å². The number of rotatable bonds is 5. The first-order valence-corrected chi connectivity index (χ1v) is 12.0. The molecule has 0 aliphatic carbocycles. The second-order valence-electron chi connectivity index (χ2n) is 8.77. The van der Waals surface area contributed by atoms with Gasteiger partial charge in [0, 0.05) is 22.9 Å². The van der Waals surface area contributed by atoms with Crippen LogP contribution in [-0.2, 0) is 4.74 Å². The Kier molecular flexibility index (Phi) is 6.58. The van der Waals surface area contributed by atoms with Gasteiger partial charge in [-0.1, -0.05) is 54.6 Å². The summed E-state index contributed by atoms with van der Waals surface area (Å²) in [7, 11) is 1.29. The van der Waals surface area contributed by atoms with Crippen LogP contribution >= 0.6 is 0 Å². The molecule has 5 aromatic rings. The van der Waals surface area contributed by atoms with Gasteiger partial charge >= 0.3 is 5.97 Å². The van der Waals surface area contributed by atoms with Gasteiger partial charge in [-0.15, -0.1) is 0 Å². The number of ether oxygens (including phenoxy) is 1. The SMILES string of the molecule is COC(=O)c1c(C)nc(C)c(C(=O)Nc2ccccc2)c1-c1ccc(-c2cc(=O)c3ccccc3o2)cc1. The summed E-state index contributed by atoms with van der Waals surface area (Å²) in [6.07, 6.45) is 0. The number of methoxy groups -OCH3 is 1. The van der Waals surface area contributed by atoms with Crippen LogP contribution in [0.3, 0.4) is 0 Å². The van der Waals surface area contributed by atoms with Gasteiger partial charge in [-0.25, -0.2) is 4.79 Å². The van der Waals surface area contributed by atoms with Gasteiger partial charge in [0.05, 0.1) is 35.0 Å². The number of aromatic nitrogens is 1. The molecule has 0 unspecified atom stereocenters. The van der Waals surface area contributed by atoms with Crippen molar-refractivity contribution in [2.24, 2.45) is 0 Å². The highest BCUT2D eigenvalue weighted by molar-refractivity contribution is 6.13. The van der Waals surface area contributed by atoms with Crippen LogP contribution in [0, 0.1) is 13.8 Å². The molecule has 7 heteroatoms. The third kappa shape index (κ3) is 4.57. The van der Waals surface area contributed by atoms with Crippen LogP contribution in [0.15, 0.2) is 94.1 Å². The van der Waals surface area contributed by atoms with E-state index < -0.39 is 11.9 Å². The van der Waals surface area contributed by atoms with Gasteiger partial charge in [-0.05, 0) is 43.7 Å². The zero-order valence-electron chi connectivity index (χ0n) is 21.1. The van der Waals surface area contributed by atoms with E-state index in [4.69, 9.17) is 9.15 Å². The number of hydrogen-bond donors (Lipinski definition) is 1. The predicted molar refractivity (Wildman–Crippen MR) is 146 cm³/mol. The summed E-state index contributed by atoms with van der Waals surface area (Å²) >= 11 is 0. The lowest BCUT2D eigenvalue weighted by Gasteiger charge is -2.18. The number of esters is 1. The highest BCUT2D eigenvalue weighted by Crippen LogP contribution is 2.34. The number of carbonyl (C=O) groups is 2. The van der Waals surface area contributed by atoms with E-state index in [0.717, 1.165) is 0 Å². The van der Waals surface area contributed by atoms with E-state index in [2.05, 4.69) is 10.3 Å². The summed E-state index contributed by atoms with van der Waals surface area (Å²) in [5.74, 6) is -0.577. The fourth-order valence-electron chi connectivity index (χ4n) is 4.53. The van der Waals surface area contributed by atoms with Crippen molar-refractivity contribution < 1.29 is 18.7 Å². The maximum atomic E-state index is 13.5. The van der Waals surface area contributed by atoms with Crippen molar-refractivity contribution in [3.05, 3.63) is 118 Å². The number of hydrogen-bond acceptors (Lipinski definition) is 6. The fraction of sp³-hybridized carbons (Fsp3) is 0.0968. The summed E-state index contributed by atoms with van der Waals surface area (Å²) < 4.78 is 11.0. The molecule has 0 saturated carbocycles. The molecule has 0 atom stereocenters. The Bertz CT molecular complexity index is 1740. The maximum absolute atomic E-state index is 13.5. The topological polar surface area (TPSA) is 98.5 Å². The smallest absolute Gasteiger partial charge is 0.340 e. The van der Waals surface area contributed by atoms with Crippen LogP contribution in [0.25, 0.3) is 33.4 Å². The van der Waals surface area contributed by atoms with Crippen molar-refractivity contribution in [1.29, 1.82) is 0 Å². The van der Waals surface area contributed by atoms with Crippen LogP contribution in [0.2, 0.25) is 0 Å². The molecule has 7 nitrogen and oxygen atoms in total. The fourth-order valence-corrected chi connectivity index (χ4v) is 4.53. The van der Waals surface area contributed by atoms with Crippen LogP contribution in [0.4, 0.5) is 5.69 Å². The number of para-hydroxylation sites is 2. The molecule has 2 aromatic heterocycles. The van der Waals surface area contributed by atoms with Crippen LogP contribution in [0.5, 0.6) is 0 Å². The molecule has 0 aliphatic heterocycles. The van der Waals surface area contributed by atoms with Gasteiger partial charge in [-0.2, -0.15) is 0 Å². The van der Waals surface area contributed by atoms with Crippen molar-refractivity contribution in [3.63, 3.8) is 0 Å². The van der Waals surface area contributed by atoms with E-state index in [1.165, 1.54) is 13.2 Å². The van der Waals surface area contributed by atoms with Crippen LogP contribution < -0.4 is 10.7 Å². The van der Waals surface area contributed by atoms with Crippen LogP contribution in [-0.4, -0.2) is 24.0 Å². The first kappa shape index (κ1) is 24.6. The first-order valence-electron chi connectivity index (χ1n) is 12.0. The van der Waals surface area contributed by atoms with Gasteiger partial charge in [0.2, 0.25) is 0 Å². The minimum absolute atomic E-state index is 0.140. The van der Waals surface area contributed by atoms with Crippen molar-refractivity contribution in [2.75, 3.05) is 12.4 Å². The number of anilines is 1. The minimum Gasteiger partial charge on any atom is -0.465 e. The van der Waals surface area contributed by atoms with E-state index >= 15 is 0 Å². The van der Waals surface area contributed by atoms with Crippen molar-refractivity contribution in [2.45, 2.75) is 13.8 Å². The third-order valence-electron chi connectivity index (χ3n) is 6.30. The summed E-state index contributed by atoms with van der Waals surface area (Å²) in [4.78, 5) is 43.5. The number of aryl methyl sites for hydroxylation is 2. The van der Waals surface area contributed by atoms with Crippen molar-refractivity contribution in [3.8, 4) is 22.5 Å². The third-order valence-corrected chi connectivity index (χ3v) is 6.30. The van der Waals surface area contributed by atoms with Gasteiger partial charge in [0.1, 0.15) is 11.3 Å². The van der Waals surface area contributed by atoms with Gasteiger partial charge < -0.3 is 14.5 Å². The highest BCUT2D eigenvalue weighted by Gasteiger charge is 2.27. The number of pyridine rings is 1. The lowest BCUT2D eigenvalue weighted by Crippen LogP contribution is -2.19. The Balaban J connectivity index is 1.64. The van der Waals surface area contributed by atoms with Gasteiger partial charge in [0.25, 0.3) is 5.91 Å². The molecule has 0 fully saturated rings. The molecule has 1 N–H and O–H groups in total. The molecule has 0 spiro atoms. The average molecular weight is 505 g/mol. The van der Waals surface area contributed by atoms with E-state index in [-0.39, 0.29) is 16.6 Å². The van der Waals surface area contributed by atoms with E-state index in [1.54, 1.807) is 68.4 Å². The lowest BCUT2D eigenvalue weighted by atomic mass is 9.91. The van der Waals surface area contributed by atoms with Crippen molar-refractivity contribution >= 4 is 28.5 Å². The van der Waals surface area contributed by atoms with E-state index in [0.29, 0.717) is 50.5 Å². The minimum atomic E-state index is -0.594. The molecule has 38 heavy (non-hydrogen) atoms. The summed E-state index contributed by atoms with van der Waals surface area (Å²) in [6.45, 7) is 3.44. The van der Waals surface area contributed by atoms with Gasteiger partial charge in [-0.3, -0.25) is 14.6 Å². The molecule has 188 valence electrons. The molecule has 5 rings (SSSR count). The largest absolute Gasteiger partial charge is 0.465 e. The summed E-state index contributed by atoms with van der Waals surface area (Å²) in [5.41, 5.74) is 4.08. The average Bonchev–Trinajstić information content (AvgIpc) is 2.93. The predicted octanol–water partition coefficient (Wildman–Crippen LogP) is 6.18. The molecule has 2 heterocycles. The monoisotopic (exact) mass is 504 g/mol. The number of fused-ring (bicyclic) bond motifs is 1. The zero-order valence-corrected chi connectivity index (χ0v) is 21.1. The molecule has 0 radical (unpaired) electrons. The number of benzene rings is 3. The normalized spacial score (nSPS) is 10.8. The number of nitrogens with one attached hydrogen (secondary N) is 1. The Labute approximate surface area is 218 Å². The second-order valence-corrected chi connectivity index (χ2v) is 8.77. The zero-order chi connectivity index (χ0) is 26.8. The molecular weight excluding hydrogens is 480 g/mol. The molecular formula is C31H24N2O5. The second kappa shape index (κ2) is 10.1. The Morgan fingerprint density at radius 1 is 0.816 bits per heavy atom. The molecule has 0 aliphatic rings. The lowest BCUT2D eigenvalue weighted by molar-refractivity contribution is 0.0600. The van der Waals surface area contributed by atoms with E-state index in [1.807, 2.05) is 24.3 Å². The van der Waals surface area contributed by atoms with Crippen LogP contribution in [0.1, 0.15) is 32.1 Å². The maximum Gasteiger partial charge on any atom is 0.340 e. The quantitative estimate of drug-likeness (QED) is 0.287. The van der Waals surface area contributed by atoms with Crippen molar-refractivity contribution in [1.82, 2.24) is 4.98 Å². The molecule has 0 saturated heterocycles. The molecule has 0 bridgehead atoms. The first-order chi connectivity index (χ1) is 18.4. The number of nitrogens with zero attached hydrogens (tertiary/aromatic N) is 1.